The third-order valence-corrected chi connectivity index (χ3v) is 3.99. The zero-order valence-electron chi connectivity index (χ0n) is 12.4. The van der Waals surface area contributed by atoms with Crippen LogP contribution in [0.2, 0.25) is 0 Å². The number of ether oxygens (including phenoxy) is 1. The molecule has 2 aromatic carbocycles. The molecule has 1 aliphatic rings. The number of hydrogen-bond donors (Lipinski definition) is 0. The van der Waals surface area contributed by atoms with E-state index < -0.39 is 0 Å². The molecule has 0 bridgehead atoms. The SMILES string of the molecule is Cc1ccc(C(=O)N2CCOc3ccccc3C2C)cc1. The smallest absolute Gasteiger partial charge is 0.254 e. The van der Waals surface area contributed by atoms with Crippen LogP contribution in [0.3, 0.4) is 0 Å². The molecular weight excluding hydrogens is 262 g/mol. The van der Waals surface area contributed by atoms with Gasteiger partial charge in [-0.1, -0.05) is 35.9 Å². The van der Waals surface area contributed by atoms with Crippen LogP contribution in [0.15, 0.2) is 48.5 Å². The van der Waals surface area contributed by atoms with Crippen molar-refractivity contribution in [2.75, 3.05) is 13.2 Å². The summed E-state index contributed by atoms with van der Waals surface area (Å²) in [6.07, 6.45) is 0. The van der Waals surface area contributed by atoms with Crippen LogP contribution < -0.4 is 4.74 Å². The number of carbonyl (C=O) groups is 1. The Morgan fingerprint density at radius 1 is 1.14 bits per heavy atom. The van der Waals surface area contributed by atoms with E-state index in [1.807, 2.05) is 60.4 Å². The second kappa shape index (κ2) is 5.60. The molecule has 3 heteroatoms. The summed E-state index contributed by atoms with van der Waals surface area (Å²) in [5.74, 6) is 0.937. The second-order valence-electron chi connectivity index (χ2n) is 5.43. The average molecular weight is 281 g/mol. The summed E-state index contributed by atoms with van der Waals surface area (Å²) in [5, 5.41) is 0. The molecule has 0 saturated heterocycles. The molecule has 3 rings (SSSR count). The lowest BCUT2D eigenvalue weighted by atomic mass is 10.0. The van der Waals surface area contributed by atoms with Crippen molar-refractivity contribution < 1.29 is 9.53 Å². The van der Waals surface area contributed by atoms with Gasteiger partial charge in [-0.15, -0.1) is 0 Å². The minimum Gasteiger partial charge on any atom is -0.491 e. The van der Waals surface area contributed by atoms with Gasteiger partial charge in [0.25, 0.3) is 5.91 Å². The number of rotatable bonds is 1. The van der Waals surface area contributed by atoms with Gasteiger partial charge in [0.15, 0.2) is 0 Å². The van der Waals surface area contributed by atoms with E-state index in [-0.39, 0.29) is 11.9 Å². The number of nitrogens with zero attached hydrogens (tertiary/aromatic N) is 1. The van der Waals surface area contributed by atoms with Crippen molar-refractivity contribution in [2.45, 2.75) is 19.9 Å². The van der Waals surface area contributed by atoms with E-state index in [9.17, 15) is 4.79 Å². The minimum atomic E-state index is 0.0116. The number of hydrogen-bond acceptors (Lipinski definition) is 2. The highest BCUT2D eigenvalue weighted by Crippen LogP contribution is 2.32. The van der Waals surface area contributed by atoms with Gasteiger partial charge >= 0.3 is 0 Å². The first-order valence-corrected chi connectivity index (χ1v) is 7.26. The van der Waals surface area contributed by atoms with Gasteiger partial charge in [-0.05, 0) is 32.0 Å². The lowest BCUT2D eigenvalue weighted by Gasteiger charge is -2.27. The number of benzene rings is 2. The molecule has 0 aromatic heterocycles. The van der Waals surface area contributed by atoms with E-state index in [1.165, 1.54) is 0 Å². The Hall–Kier alpha value is -2.29. The standard InChI is InChI=1S/C18H19NO2/c1-13-7-9-15(10-8-13)18(20)19-11-12-21-17-6-4-3-5-16(17)14(19)2/h3-10,14H,11-12H2,1-2H3. The zero-order chi connectivity index (χ0) is 14.8. The predicted molar refractivity (Wildman–Crippen MR) is 82.6 cm³/mol. The molecule has 0 aliphatic carbocycles. The fraction of sp³-hybridized carbons (Fsp3) is 0.278. The molecule has 1 amide bonds. The van der Waals surface area contributed by atoms with Gasteiger partial charge in [0, 0.05) is 11.1 Å². The van der Waals surface area contributed by atoms with Gasteiger partial charge in [-0.2, -0.15) is 0 Å². The van der Waals surface area contributed by atoms with Crippen LogP contribution >= 0.6 is 0 Å². The summed E-state index contributed by atoms with van der Waals surface area (Å²) in [5.41, 5.74) is 2.95. The van der Waals surface area contributed by atoms with Crippen molar-refractivity contribution in [1.82, 2.24) is 4.90 Å². The Balaban J connectivity index is 1.91. The van der Waals surface area contributed by atoms with Crippen molar-refractivity contribution >= 4 is 5.91 Å². The third kappa shape index (κ3) is 2.64. The maximum atomic E-state index is 12.8. The molecular formula is C18H19NO2. The fourth-order valence-corrected chi connectivity index (χ4v) is 2.71. The summed E-state index contributed by atoms with van der Waals surface area (Å²) in [4.78, 5) is 14.6. The van der Waals surface area contributed by atoms with Crippen LogP contribution in [0.4, 0.5) is 0 Å². The highest BCUT2D eigenvalue weighted by atomic mass is 16.5. The molecule has 3 nitrogen and oxygen atoms in total. The normalized spacial score (nSPS) is 17.6. The molecule has 108 valence electrons. The van der Waals surface area contributed by atoms with Crippen LogP contribution in [-0.2, 0) is 0 Å². The molecule has 0 spiro atoms. The summed E-state index contributed by atoms with van der Waals surface area (Å²) in [6.45, 7) is 5.20. The van der Waals surface area contributed by atoms with E-state index in [2.05, 4.69) is 6.92 Å². The molecule has 0 fully saturated rings. The van der Waals surface area contributed by atoms with Gasteiger partial charge in [-0.3, -0.25) is 4.79 Å². The Morgan fingerprint density at radius 2 is 1.86 bits per heavy atom. The lowest BCUT2D eigenvalue weighted by molar-refractivity contribution is 0.0682. The number of aryl methyl sites for hydroxylation is 1. The zero-order valence-corrected chi connectivity index (χ0v) is 12.4. The average Bonchev–Trinajstić information content (AvgIpc) is 2.67. The molecule has 1 aliphatic heterocycles. The van der Waals surface area contributed by atoms with E-state index in [0.29, 0.717) is 13.2 Å². The maximum Gasteiger partial charge on any atom is 0.254 e. The molecule has 2 aromatic rings. The quantitative estimate of drug-likeness (QED) is 0.799. The van der Waals surface area contributed by atoms with Crippen LogP contribution in [0.1, 0.15) is 34.5 Å². The predicted octanol–water partition coefficient (Wildman–Crippen LogP) is 3.59. The van der Waals surface area contributed by atoms with Crippen LogP contribution in [0.25, 0.3) is 0 Å². The van der Waals surface area contributed by atoms with Crippen molar-refractivity contribution in [3.05, 3.63) is 65.2 Å². The van der Waals surface area contributed by atoms with Crippen LogP contribution in [0.5, 0.6) is 5.75 Å². The summed E-state index contributed by atoms with van der Waals surface area (Å²) >= 11 is 0. The van der Waals surface area contributed by atoms with Gasteiger partial charge in [0.05, 0.1) is 12.6 Å². The summed E-state index contributed by atoms with van der Waals surface area (Å²) in [6, 6.07) is 15.7. The molecule has 21 heavy (non-hydrogen) atoms. The first-order valence-electron chi connectivity index (χ1n) is 7.26. The fourth-order valence-electron chi connectivity index (χ4n) is 2.71. The Kier molecular flexibility index (Phi) is 3.65. The van der Waals surface area contributed by atoms with Gasteiger partial charge < -0.3 is 9.64 Å². The number of carbonyl (C=O) groups excluding carboxylic acids is 1. The number of fused-ring (bicyclic) bond motifs is 1. The van der Waals surface area contributed by atoms with E-state index in [1.54, 1.807) is 0 Å². The van der Waals surface area contributed by atoms with Crippen molar-refractivity contribution in [3.63, 3.8) is 0 Å². The Bertz CT molecular complexity index is 649. The topological polar surface area (TPSA) is 29.5 Å². The number of amides is 1. The maximum absolute atomic E-state index is 12.8. The van der Waals surface area contributed by atoms with E-state index >= 15 is 0 Å². The third-order valence-electron chi connectivity index (χ3n) is 3.99. The van der Waals surface area contributed by atoms with Crippen molar-refractivity contribution in [2.24, 2.45) is 0 Å². The van der Waals surface area contributed by atoms with E-state index in [4.69, 9.17) is 4.74 Å². The first kappa shape index (κ1) is 13.7. The van der Waals surface area contributed by atoms with Crippen molar-refractivity contribution in [3.8, 4) is 5.75 Å². The summed E-state index contributed by atoms with van der Waals surface area (Å²) in [7, 11) is 0. The Morgan fingerprint density at radius 3 is 2.62 bits per heavy atom. The Labute approximate surface area is 125 Å². The van der Waals surface area contributed by atoms with E-state index in [0.717, 1.165) is 22.4 Å². The molecule has 0 saturated carbocycles. The monoisotopic (exact) mass is 281 g/mol. The summed E-state index contributed by atoms with van der Waals surface area (Å²) < 4.78 is 5.76. The second-order valence-corrected chi connectivity index (χ2v) is 5.43. The lowest BCUT2D eigenvalue weighted by Crippen LogP contribution is -2.35. The largest absolute Gasteiger partial charge is 0.491 e. The highest BCUT2D eigenvalue weighted by molar-refractivity contribution is 5.94. The van der Waals surface area contributed by atoms with Crippen molar-refractivity contribution in [1.29, 1.82) is 0 Å². The van der Waals surface area contributed by atoms with Gasteiger partial charge in [0.1, 0.15) is 12.4 Å². The first-order chi connectivity index (χ1) is 10.2. The molecule has 0 radical (unpaired) electrons. The molecule has 1 atom stereocenters. The molecule has 1 unspecified atom stereocenters. The molecule has 0 N–H and O–H groups in total. The van der Waals surface area contributed by atoms with Crippen LogP contribution in [0, 0.1) is 6.92 Å². The van der Waals surface area contributed by atoms with Crippen LogP contribution in [-0.4, -0.2) is 24.0 Å². The van der Waals surface area contributed by atoms with Gasteiger partial charge in [0.2, 0.25) is 0 Å². The minimum absolute atomic E-state index is 0.0116. The molecule has 1 heterocycles. The number of para-hydroxylation sites is 1. The highest BCUT2D eigenvalue weighted by Gasteiger charge is 2.27. The van der Waals surface area contributed by atoms with Gasteiger partial charge in [-0.25, -0.2) is 0 Å².